The maximum absolute atomic E-state index is 5.07. The lowest BCUT2D eigenvalue weighted by Crippen LogP contribution is -2.39. The molecule has 8 heteroatoms. The number of nitrogens with zero attached hydrogens (tertiary/aromatic N) is 5. The van der Waals surface area contributed by atoms with Gasteiger partial charge < -0.3 is 24.5 Å². The molecule has 0 atom stereocenters. The summed E-state index contributed by atoms with van der Waals surface area (Å²) >= 11 is 0. The van der Waals surface area contributed by atoms with Gasteiger partial charge in [0.1, 0.15) is 5.82 Å². The van der Waals surface area contributed by atoms with Crippen LogP contribution in [0.1, 0.15) is 17.2 Å². The summed E-state index contributed by atoms with van der Waals surface area (Å²) in [4.78, 5) is 4.60. The largest absolute Gasteiger partial charge is 0.383 e. The SMILES string of the molecule is COCCNC(=NCc1ccn(C)c1)NCc1nnc(C)n1C. The molecule has 0 bridgehead atoms. The Kier molecular flexibility index (Phi) is 6.16. The van der Waals surface area contributed by atoms with Gasteiger partial charge in [0.25, 0.3) is 0 Å². The Bertz CT molecular complexity index is 644. The van der Waals surface area contributed by atoms with Crippen LogP contribution in [0, 0.1) is 6.92 Å². The normalized spacial score (nSPS) is 11.7. The van der Waals surface area contributed by atoms with Gasteiger partial charge in [0.05, 0.1) is 19.7 Å². The fourth-order valence-corrected chi connectivity index (χ4v) is 2.04. The first kappa shape index (κ1) is 17.0. The van der Waals surface area contributed by atoms with Crippen LogP contribution in [0.4, 0.5) is 0 Å². The van der Waals surface area contributed by atoms with Crippen molar-refractivity contribution in [2.45, 2.75) is 20.0 Å². The zero-order valence-corrected chi connectivity index (χ0v) is 14.2. The number of guanidine groups is 1. The van der Waals surface area contributed by atoms with Crippen LogP contribution in [-0.2, 0) is 31.9 Å². The highest BCUT2D eigenvalue weighted by atomic mass is 16.5. The van der Waals surface area contributed by atoms with E-state index in [1.807, 2.05) is 36.4 Å². The summed E-state index contributed by atoms with van der Waals surface area (Å²) in [6.07, 6.45) is 4.07. The number of ether oxygens (including phenoxy) is 1. The molecule has 2 N–H and O–H groups in total. The number of rotatable bonds is 7. The van der Waals surface area contributed by atoms with Crippen LogP contribution in [0.2, 0.25) is 0 Å². The van der Waals surface area contributed by atoms with E-state index in [2.05, 4.69) is 38.1 Å². The van der Waals surface area contributed by atoms with Gasteiger partial charge in [-0.05, 0) is 18.6 Å². The van der Waals surface area contributed by atoms with E-state index in [9.17, 15) is 0 Å². The molecule has 0 radical (unpaired) electrons. The van der Waals surface area contributed by atoms with E-state index in [-0.39, 0.29) is 0 Å². The number of aryl methyl sites for hydroxylation is 2. The minimum Gasteiger partial charge on any atom is -0.383 e. The molecule has 0 aliphatic carbocycles. The molecule has 0 unspecified atom stereocenters. The van der Waals surface area contributed by atoms with Crippen molar-refractivity contribution in [1.82, 2.24) is 30.0 Å². The maximum Gasteiger partial charge on any atom is 0.192 e. The highest BCUT2D eigenvalue weighted by Crippen LogP contribution is 2.01. The van der Waals surface area contributed by atoms with Crippen LogP contribution >= 0.6 is 0 Å². The first-order valence-electron chi connectivity index (χ1n) is 7.57. The Morgan fingerprint density at radius 2 is 2.13 bits per heavy atom. The first-order chi connectivity index (χ1) is 11.1. The zero-order valence-electron chi connectivity index (χ0n) is 14.2. The smallest absolute Gasteiger partial charge is 0.192 e. The van der Waals surface area contributed by atoms with Crippen molar-refractivity contribution in [2.75, 3.05) is 20.3 Å². The third-order valence-corrected chi connectivity index (χ3v) is 3.51. The minimum atomic E-state index is 0.560. The van der Waals surface area contributed by atoms with Crippen molar-refractivity contribution in [3.05, 3.63) is 35.7 Å². The summed E-state index contributed by atoms with van der Waals surface area (Å²) in [7, 11) is 5.63. The Labute approximate surface area is 136 Å². The second-order valence-corrected chi connectivity index (χ2v) is 5.35. The van der Waals surface area contributed by atoms with E-state index in [1.165, 1.54) is 0 Å². The number of aromatic nitrogens is 4. The fourth-order valence-electron chi connectivity index (χ4n) is 2.04. The average molecular weight is 319 g/mol. The topological polar surface area (TPSA) is 81.3 Å². The second kappa shape index (κ2) is 8.33. The standard InChI is InChI=1S/C15H25N7O/c1-12-19-20-14(22(12)3)10-18-15(16-6-8-23-4)17-9-13-5-7-21(2)11-13/h5,7,11H,6,8-10H2,1-4H3,(H2,16,17,18). The maximum atomic E-state index is 5.07. The lowest BCUT2D eigenvalue weighted by atomic mass is 10.3. The molecule has 8 nitrogen and oxygen atoms in total. The second-order valence-electron chi connectivity index (χ2n) is 5.35. The van der Waals surface area contributed by atoms with Crippen LogP contribution in [0.15, 0.2) is 23.5 Å². The van der Waals surface area contributed by atoms with Crippen LogP contribution in [0.3, 0.4) is 0 Å². The van der Waals surface area contributed by atoms with Crippen LogP contribution < -0.4 is 10.6 Å². The first-order valence-corrected chi connectivity index (χ1v) is 7.57. The summed E-state index contributed by atoms with van der Waals surface area (Å²) in [5.41, 5.74) is 1.16. The Morgan fingerprint density at radius 1 is 1.30 bits per heavy atom. The predicted octanol–water partition coefficient (Wildman–Crippen LogP) is 0.344. The summed E-state index contributed by atoms with van der Waals surface area (Å²) in [5.74, 6) is 2.48. The highest BCUT2D eigenvalue weighted by molar-refractivity contribution is 5.79. The Morgan fingerprint density at radius 3 is 2.74 bits per heavy atom. The van der Waals surface area contributed by atoms with Crippen LogP contribution in [0.5, 0.6) is 0 Å². The molecule has 0 spiro atoms. The molecule has 0 saturated heterocycles. The van der Waals surface area contributed by atoms with Gasteiger partial charge in [-0.1, -0.05) is 0 Å². The number of nitrogens with one attached hydrogen (secondary N) is 2. The molecular formula is C15H25N7O. The summed E-state index contributed by atoms with van der Waals surface area (Å²) < 4.78 is 9.04. The van der Waals surface area contributed by atoms with E-state index < -0.39 is 0 Å². The van der Waals surface area contributed by atoms with Gasteiger partial charge in [-0.3, -0.25) is 0 Å². The van der Waals surface area contributed by atoms with E-state index in [1.54, 1.807) is 7.11 Å². The molecule has 0 aliphatic rings. The summed E-state index contributed by atoms with van der Waals surface area (Å²) in [5, 5.41) is 14.7. The number of methoxy groups -OCH3 is 1. The van der Waals surface area contributed by atoms with Gasteiger partial charge in [-0.2, -0.15) is 0 Å². The van der Waals surface area contributed by atoms with E-state index in [0.717, 1.165) is 23.2 Å². The molecule has 2 aromatic rings. The molecule has 0 fully saturated rings. The average Bonchev–Trinajstić information content (AvgIpc) is 3.09. The van der Waals surface area contributed by atoms with E-state index >= 15 is 0 Å². The van der Waals surface area contributed by atoms with Crippen molar-refractivity contribution in [1.29, 1.82) is 0 Å². The molecular weight excluding hydrogens is 294 g/mol. The third kappa shape index (κ3) is 5.10. The quantitative estimate of drug-likeness (QED) is 0.437. The number of aliphatic imine (C=N–C) groups is 1. The highest BCUT2D eigenvalue weighted by Gasteiger charge is 2.06. The van der Waals surface area contributed by atoms with Crippen molar-refractivity contribution < 1.29 is 4.74 Å². The molecule has 0 aromatic carbocycles. The zero-order chi connectivity index (χ0) is 16.7. The lowest BCUT2D eigenvalue weighted by Gasteiger charge is -2.12. The van der Waals surface area contributed by atoms with Crippen LogP contribution in [0.25, 0.3) is 0 Å². The van der Waals surface area contributed by atoms with Gasteiger partial charge in [0, 0.05) is 40.1 Å². The van der Waals surface area contributed by atoms with Gasteiger partial charge in [0.15, 0.2) is 11.8 Å². The molecule has 2 heterocycles. The monoisotopic (exact) mass is 319 g/mol. The van der Waals surface area contributed by atoms with Gasteiger partial charge in [-0.25, -0.2) is 4.99 Å². The van der Waals surface area contributed by atoms with Gasteiger partial charge in [0.2, 0.25) is 0 Å². The van der Waals surface area contributed by atoms with Crippen molar-refractivity contribution in [2.24, 2.45) is 19.1 Å². The van der Waals surface area contributed by atoms with Gasteiger partial charge >= 0.3 is 0 Å². The third-order valence-electron chi connectivity index (χ3n) is 3.51. The van der Waals surface area contributed by atoms with E-state index in [4.69, 9.17) is 4.74 Å². The Balaban J connectivity index is 1.96. The van der Waals surface area contributed by atoms with Gasteiger partial charge in [-0.15, -0.1) is 10.2 Å². The lowest BCUT2D eigenvalue weighted by molar-refractivity contribution is 0.203. The minimum absolute atomic E-state index is 0.560. The van der Waals surface area contributed by atoms with Crippen molar-refractivity contribution in [3.8, 4) is 0 Å². The number of hydrogen-bond donors (Lipinski definition) is 2. The van der Waals surface area contributed by atoms with Crippen LogP contribution in [-0.4, -0.2) is 45.6 Å². The van der Waals surface area contributed by atoms with Crippen molar-refractivity contribution in [3.63, 3.8) is 0 Å². The molecule has 23 heavy (non-hydrogen) atoms. The summed E-state index contributed by atoms with van der Waals surface area (Å²) in [6.45, 7) is 4.41. The molecule has 2 rings (SSSR count). The molecule has 126 valence electrons. The number of hydrogen-bond acceptors (Lipinski definition) is 4. The Hall–Kier alpha value is -2.35. The molecule has 0 amide bonds. The molecule has 0 saturated carbocycles. The van der Waals surface area contributed by atoms with Crippen molar-refractivity contribution >= 4 is 5.96 Å². The summed E-state index contributed by atoms with van der Waals surface area (Å²) in [6, 6.07) is 2.06. The predicted molar refractivity (Wildman–Crippen MR) is 89.0 cm³/mol. The fraction of sp³-hybridized carbons (Fsp3) is 0.533. The molecule has 0 aliphatic heterocycles. The van der Waals surface area contributed by atoms with E-state index in [0.29, 0.717) is 26.2 Å². The molecule has 2 aromatic heterocycles.